The molecule has 122 valence electrons. The maximum Gasteiger partial charge on any atom is 0.254 e. The summed E-state index contributed by atoms with van der Waals surface area (Å²) in [6, 6.07) is 5.44. The van der Waals surface area contributed by atoms with Crippen LogP contribution in [0.15, 0.2) is 30.6 Å². The topological polar surface area (TPSA) is 76.6 Å². The molecule has 2 aromatic rings. The Balaban J connectivity index is 2.04. The summed E-state index contributed by atoms with van der Waals surface area (Å²) in [5.41, 5.74) is 1.26. The number of methoxy groups -OCH3 is 2. The average Bonchev–Trinajstić information content (AvgIpc) is 2.59. The van der Waals surface area contributed by atoms with Crippen molar-refractivity contribution in [2.45, 2.75) is 6.54 Å². The van der Waals surface area contributed by atoms with Gasteiger partial charge in [0.05, 0.1) is 19.8 Å². The van der Waals surface area contributed by atoms with Crippen LogP contribution in [0.4, 0.5) is 5.95 Å². The van der Waals surface area contributed by atoms with Crippen molar-refractivity contribution in [1.82, 2.24) is 15.3 Å². The van der Waals surface area contributed by atoms with Crippen LogP contribution in [0.1, 0.15) is 15.9 Å². The molecule has 0 unspecified atom stereocenters. The third-order valence-electron chi connectivity index (χ3n) is 3.23. The lowest BCUT2D eigenvalue weighted by atomic mass is 10.2. The van der Waals surface area contributed by atoms with Gasteiger partial charge in [-0.2, -0.15) is 0 Å². The van der Waals surface area contributed by atoms with Crippen molar-refractivity contribution in [2.24, 2.45) is 0 Å². The molecule has 1 aromatic heterocycles. The first-order valence-electron chi connectivity index (χ1n) is 7.03. The van der Waals surface area contributed by atoms with Gasteiger partial charge in [0, 0.05) is 44.7 Å². The van der Waals surface area contributed by atoms with E-state index in [0.29, 0.717) is 29.6 Å². The van der Waals surface area contributed by atoms with E-state index in [1.165, 1.54) is 12.4 Å². The Morgan fingerprint density at radius 3 is 2.43 bits per heavy atom. The van der Waals surface area contributed by atoms with Gasteiger partial charge in [-0.1, -0.05) is 0 Å². The molecule has 1 amide bonds. The summed E-state index contributed by atoms with van der Waals surface area (Å²) >= 11 is 0. The lowest BCUT2D eigenvalue weighted by Crippen LogP contribution is -2.24. The van der Waals surface area contributed by atoms with Gasteiger partial charge in [0.15, 0.2) is 0 Å². The number of aromatic nitrogens is 2. The maximum atomic E-state index is 12.2. The van der Waals surface area contributed by atoms with Gasteiger partial charge in [-0.05, 0) is 12.1 Å². The number of hydrogen-bond donors (Lipinski definition) is 1. The summed E-state index contributed by atoms with van der Waals surface area (Å²) in [7, 11) is 6.84. The molecule has 0 radical (unpaired) electrons. The van der Waals surface area contributed by atoms with E-state index < -0.39 is 0 Å². The second-order valence-corrected chi connectivity index (χ2v) is 5.03. The highest BCUT2D eigenvalue weighted by atomic mass is 16.5. The summed E-state index contributed by atoms with van der Waals surface area (Å²) in [6.45, 7) is 0.335. The van der Waals surface area contributed by atoms with E-state index in [2.05, 4.69) is 15.3 Å². The van der Waals surface area contributed by atoms with Gasteiger partial charge in [0.25, 0.3) is 5.91 Å². The molecule has 7 nitrogen and oxygen atoms in total. The zero-order valence-corrected chi connectivity index (χ0v) is 13.7. The molecule has 0 aliphatic heterocycles. The van der Waals surface area contributed by atoms with Gasteiger partial charge in [0.2, 0.25) is 5.95 Å². The molecular weight excluding hydrogens is 296 g/mol. The van der Waals surface area contributed by atoms with E-state index in [-0.39, 0.29) is 5.91 Å². The molecule has 1 N–H and O–H groups in total. The van der Waals surface area contributed by atoms with Gasteiger partial charge in [-0.25, -0.2) is 9.97 Å². The second-order valence-electron chi connectivity index (χ2n) is 5.03. The van der Waals surface area contributed by atoms with Gasteiger partial charge in [0.1, 0.15) is 11.5 Å². The van der Waals surface area contributed by atoms with Crippen LogP contribution in [0.2, 0.25) is 0 Å². The zero-order chi connectivity index (χ0) is 16.8. The van der Waals surface area contributed by atoms with Crippen LogP contribution in [0, 0.1) is 0 Å². The second kappa shape index (κ2) is 7.44. The van der Waals surface area contributed by atoms with Crippen LogP contribution in [-0.4, -0.2) is 44.2 Å². The number of nitrogens with zero attached hydrogens (tertiary/aromatic N) is 3. The predicted octanol–water partition coefficient (Wildman–Crippen LogP) is 1.49. The molecule has 0 spiro atoms. The number of anilines is 1. The van der Waals surface area contributed by atoms with Crippen LogP contribution in [0.25, 0.3) is 0 Å². The molecule has 7 heteroatoms. The molecule has 1 heterocycles. The first-order valence-corrected chi connectivity index (χ1v) is 7.03. The van der Waals surface area contributed by atoms with Crippen molar-refractivity contribution >= 4 is 11.9 Å². The van der Waals surface area contributed by atoms with Crippen LogP contribution in [-0.2, 0) is 6.54 Å². The van der Waals surface area contributed by atoms with Crippen LogP contribution < -0.4 is 19.7 Å². The lowest BCUT2D eigenvalue weighted by molar-refractivity contribution is 0.0950. The number of carbonyl (C=O) groups is 1. The van der Waals surface area contributed by atoms with Crippen molar-refractivity contribution in [3.63, 3.8) is 0 Å². The number of rotatable bonds is 6. The van der Waals surface area contributed by atoms with Crippen molar-refractivity contribution in [1.29, 1.82) is 0 Å². The average molecular weight is 316 g/mol. The smallest absolute Gasteiger partial charge is 0.254 e. The summed E-state index contributed by atoms with van der Waals surface area (Å²) in [6.07, 6.45) is 3.01. The Kier molecular flexibility index (Phi) is 5.35. The Labute approximate surface area is 135 Å². The van der Waals surface area contributed by atoms with Crippen LogP contribution in [0.5, 0.6) is 11.5 Å². The minimum atomic E-state index is -0.242. The third kappa shape index (κ3) is 4.09. The van der Waals surface area contributed by atoms with Gasteiger partial charge in [-0.15, -0.1) is 0 Å². The Bertz CT molecular complexity index is 672. The fourth-order valence-corrected chi connectivity index (χ4v) is 1.94. The third-order valence-corrected chi connectivity index (χ3v) is 3.23. The van der Waals surface area contributed by atoms with Gasteiger partial charge in [-0.3, -0.25) is 4.79 Å². The van der Waals surface area contributed by atoms with E-state index >= 15 is 0 Å². The quantitative estimate of drug-likeness (QED) is 0.870. The molecular formula is C16H20N4O3. The van der Waals surface area contributed by atoms with Crippen molar-refractivity contribution < 1.29 is 14.3 Å². The predicted molar refractivity (Wildman–Crippen MR) is 87.1 cm³/mol. The number of nitrogens with one attached hydrogen (secondary N) is 1. The molecule has 0 bridgehead atoms. The molecule has 0 aliphatic rings. The molecule has 2 rings (SSSR count). The number of amides is 1. The SMILES string of the molecule is COc1ccc(CNC(=O)c2cnc(N(C)C)nc2)c(OC)c1. The Hall–Kier alpha value is -2.83. The van der Waals surface area contributed by atoms with E-state index in [9.17, 15) is 4.79 Å². The molecule has 0 fully saturated rings. The number of carbonyl (C=O) groups excluding carboxylic acids is 1. The first kappa shape index (κ1) is 16.5. The highest BCUT2D eigenvalue weighted by Crippen LogP contribution is 2.24. The summed E-state index contributed by atoms with van der Waals surface area (Å²) in [5, 5.41) is 2.82. The standard InChI is InChI=1S/C16H20N4O3/c1-20(2)16-18-9-12(10-19-16)15(21)17-8-11-5-6-13(22-3)7-14(11)23-4/h5-7,9-10H,8H2,1-4H3,(H,17,21). The molecule has 0 atom stereocenters. The monoisotopic (exact) mass is 316 g/mol. The number of ether oxygens (including phenoxy) is 2. The van der Waals surface area contributed by atoms with E-state index in [1.807, 2.05) is 26.2 Å². The summed E-state index contributed by atoms with van der Waals surface area (Å²) in [4.78, 5) is 22.2. The fraction of sp³-hybridized carbons (Fsp3) is 0.312. The summed E-state index contributed by atoms with van der Waals surface area (Å²) in [5.74, 6) is 1.67. The van der Waals surface area contributed by atoms with Gasteiger partial charge < -0.3 is 19.7 Å². The highest BCUT2D eigenvalue weighted by molar-refractivity contribution is 5.93. The van der Waals surface area contributed by atoms with Crippen LogP contribution in [0.3, 0.4) is 0 Å². The minimum Gasteiger partial charge on any atom is -0.497 e. The molecule has 23 heavy (non-hydrogen) atoms. The van der Waals surface area contributed by atoms with Crippen molar-refractivity contribution in [2.75, 3.05) is 33.2 Å². The number of benzene rings is 1. The Morgan fingerprint density at radius 1 is 1.17 bits per heavy atom. The summed E-state index contributed by atoms with van der Waals surface area (Å²) < 4.78 is 10.5. The van der Waals surface area contributed by atoms with E-state index in [4.69, 9.17) is 9.47 Å². The fourth-order valence-electron chi connectivity index (χ4n) is 1.94. The zero-order valence-electron chi connectivity index (χ0n) is 13.7. The molecule has 0 saturated heterocycles. The minimum absolute atomic E-state index is 0.242. The molecule has 1 aromatic carbocycles. The molecule has 0 aliphatic carbocycles. The van der Waals surface area contributed by atoms with Gasteiger partial charge >= 0.3 is 0 Å². The highest BCUT2D eigenvalue weighted by Gasteiger charge is 2.10. The first-order chi connectivity index (χ1) is 11.0. The normalized spacial score (nSPS) is 10.1. The van der Waals surface area contributed by atoms with E-state index in [0.717, 1.165) is 5.56 Å². The largest absolute Gasteiger partial charge is 0.497 e. The van der Waals surface area contributed by atoms with E-state index in [1.54, 1.807) is 25.2 Å². The van der Waals surface area contributed by atoms with Crippen molar-refractivity contribution in [3.05, 3.63) is 41.7 Å². The number of hydrogen-bond acceptors (Lipinski definition) is 6. The van der Waals surface area contributed by atoms with Crippen LogP contribution >= 0.6 is 0 Å². The maximum absolute atomic E-state index is 12.2. The molecule has 0 saturated carbocycles. The lowest BCUT2D eigenvalue weighted by Gasteiger charge is -2.12. The van der Waals surface area contributed by atoms with Crippen molar-refractivity contribution in [3.8, 4) is 11.5 Å². The Morgan fingerprint density at radius 2 is 1.87 bits per heavy atom.